The van der Waals surface area contributed by atoms with Gasteiger partial charge in [0, 0.05) is 21.9 Å². The van der Waals surface area contributed by atoms with Crippen molar-refractivity contribution in [2.24, 2.45) is 22.4 Å². The average molecular weight is 515 g/mol. The van der Waals surface area contributed by atoms with Crippen molar-refractivity contribution in [3.05, 3.63) is 80.8 Å². The smallest absolute Gasteiger partial charge is 0.244 e. The minimum absolute atomic E-state index is 0.0751. The molecule has 2 aliphatic heterocycles. The highest BCUT2D eigenvalue weighted by molar-refractivity contribution is 6.31. The molecule has 0 spiro atoms. The molecule has 2 aliphatic carbocycles. The first kappa shape index (κ1) is 23.6. The van der Waals surface area contributed by atoms with Gasteiger partial charge in [-0.15, -0.1) is 0 Å². The lowest BCUT2D eigenvalue weighted by Gasteiger charge is -2.46. The Bertz CT molecular complexity index is 1360. The quantitative estimate of drug-likeness (QED) is 0.386. The van der Waals surface area contributed by atoms with Crippen molar-refractivity contribution in [2.45, 2.75) is 63.5 Å². The number of benzene rings is 2. The Morgan fingerprint density at radius 1 is 0.833 bits per heavy atom. The Morgan fingerprint density at radius 3 is 1.97 bits per heavy atom. The van der Waals surface area contributed by atoms with Gasteiger partial charge >= 0.3 is 0 Å². The molecule has 0 radical (unpaired) electrons. The average Bonchev–Trinajstić information content (AvgIpc) is 3.36. The molecule has 0 saturated heterocycles. The van der Waals surface area contributed by atoms with E-state index in [1.807, 2.05) is 41.4 Å². The van der Waals surface area contributed by atoms with Gasteiger partial charge in [-0.3, -0.25) is 0 Å². The second-order valence-electron chi connectivity index (χ2n) is 11.2. The second-order valence-corrected chi connectivity index (χ2v) is 12.0. The van der Waals surface area contributed by atoms with Crippen LogP contribution in [0, 0.1) is 39.9 Å². The van der Waals surface area contributed by atoms with Gasteiger partial charge < -0.3 is 0 Å². The molecule has 4 nitrogen and oxygen atoms in total. The molecule has 0 N–H and O–H groups in total. The summed E-state index contributed by atoms with van der Waals surface area (Å²) in [6.45, 7) is 4.60. The number of hydrazone groups is 1. The van der Waals surface area contributed by atoms with Crippen molar-refractivity contribution in [3.63, 3.8) is 0 Å². The highest BCUT2D eigenvalue weighted by Gasteiger charge is 2.78. The predicted octanol–water partition coefficient (Wildman–Crippen LogP) is 7.63. The lowest BCUT2D eigenvalue weighted by molar-refractivity contribution is 0.0625. The zero-order valence-corrected chi connectivity index (χ0v) is 22.1. The number of nitriles is 2. The summed E-state index contributed by atoms with van der Waals surface area (Å²) in [6, 6.07) is 20.7. The molecular weight excluding hydrogens is 487 g/mol. The third-order valence-electron chi connectivity index (χ3n) is 9.04. The molecule has 36 heavy (non-hydrogen) atoms. The summed E-state index contributed by atoms with van der Waals surface area (Å²) in [5.41, 5.74) is 3.07. The number of nitrogens with zero attached hydrogens (tertiary/aromatic N) is 4. The van der Waals surface area contributed by atoms with E-state index in [-0.39, 0.29) is 17.3 Å². The minimum Gasteiger partial charge on any atom is -0.244 e. The summed E-state index contributed by atoms with van der Waals surface area (Å²) in [7, 11) is 0. The molecule has 6 rings (SSSR count). The van der Waals surface area contributed by atoms with Crippen LogP contribution in [0.15, 0.2) is 64.8 Å². The lowest BCUT2D eigenvalue weighted by Crippen LogP contribution is -2.55. The van der Waals surface area contributed by atoms with Crippen LogP contribution in [-0.4, -0.2) is 16.3 Å². The van der Waals surface area contributed by atoms with Gasteiger partial charge in [0.05, 0.1) is 5.71 Å². The molecular formula is C30H28Cl2N4. The van der Waals surface area contributed by atoms with Crippen molar-refractivity contribution in [1.29, 1.82) is 10.5 Å². The van der Waals surface area contributed by atoms with E-state index >= 15 is 0 Å². The van der Waals surface area contributed by atoms with Crippen LogP contribution in [0.4, 0.5) is 0 Å². The van der Waals surface area contributed by atoms with E-state index in [0.29, 0.717) is 10.0 Å². The SMILES string of the molecule is CC1(C)[C@@H]2C(c3ccc(Cl)cc3)=NN3C(C#N)(C#N)C4=C(CCCCCC4)[C@@]3(c3ccc(Cl)cc3)[C@@H]21. The zero-order valence-electron chi connectivity index (χ0n) is 20.6. The molecule has 0 bridgehead atoms. The van der Waals surface area contributed by atoms with Gasteiger partial charge in [-0.25, -0.2) is 5.01 Å². The van der Waals surface area contributed by atoms with Gasteiger partial charge in [0.25, 0.3) is 5.54 Å². The fourth-order valence-corrected chi connectivity index (χ4v) is 7.71. The van der Waals surface area contributed by atoms with Gasteiger partial charge in [0.1, 0.15) is 17.7 Å². The summed E-state index contributed by atoms with van der Waals surface area (Å²) < 4.78 is 0. The first-order valence-electron chi connectivity index (χ1n) is 12.8. The van der Waals surface area contributed by atoms with Gasteiger partial charge in [0.15, 0.2) is 0 Å². The van der Waals surface area contributed by atoms with Crippen molar-refractivity contribution in [3.8, 4) is 12.1 Å². The maximum Gasteiger partial charge on any atom is 0.252 e. The number of hydrogen-bond acceptors (Lipinski definition) is 4. The first-order valence-corrected chi connectivity index (χ1v) is 13.5. The van der Waals surface area contributed by atoms with Crippen LogP contribution in [0.1, 0.15) is 63.5 Å². The Labute approximate surface area is 222 Å². The summed E-state index contributed by atoms with van der Waals surface area (Å²) in [5, 5.41) is 30.0. The number of hydrogen-bond donors (Lipinski definition) is 0. The summed E-state index contributed by atoms with van der Waals surface area (Å²) in [6.07, 6.45) is 5.96. The molecule has 0 unspecified atom stereocenters. The standard InChI is InChI=1S/C30H28Cl2N4/c1-28(2)25-26(19-9-13-21(31)14-10-19)35-36-29(17-33,18-34)23-7-5-3-4-6-8-24(23)30(36,27(25)28)20-11-15-22(32)16-12-20/h9-16,25,27H,3-8H2,1-2H3/t25-,27+,30+/m1/s1. The molecule has 2 aromatic carbocycles. The molecule has 2 aromatic rings. The van der Waals surface area contributed by atoms with Crippen molar-refractivity contribution < 1.29 is 0 Å². The van der Waals surface area contributed by atoms with Crippen LogP contribution >= 0.6 is 23.2 Å². The van der Waals surface area contributed by atoms with E-state index in [4.69, 9.17) is 28.3 Å². The Balaban J connectivity index is 1.69. The third kappa shape index (κ3) is 2.95. The van der Waals surface area contributed by atoms with E-state index in [1.165, 1.54) is 5.57 Å². The van der Waals surface area contributed by atoms with Crippen LogP contribution < -0.4 is 0 Å². The van der Waals surface area contributed by atoms with Gasteiger partial charge in [0.2, 0.25) is 0 Å². The Hall–Kier alpha value is -2.79. The maximum absolute atomic E-state index is 10.7. The molecule has 0 aromatic heterocycles. The normalized spacial score (nSPS) is 29.5. The molecule has 6 heteroatoms. The van der Waals surface area contributed by atoms with Gasteiger partial charge in [-0.2, -0.15) is 15.6 Å². The Morgan fingerprint density at radius 2 is 1.39 bits per heavy atom. The van der Waals surface area contributed by atoms with E-state index in [1.54, 1.807) is 0 Å². The molecule has 182 valence electrons. The van der Waals surface area contributed by atoms with Crippen LogP contribution in [0.25, 0.3) is 0 Å². The fourth-order valence-electron chi connectivity index (χ4n) is 7.46. The summed E-state index contributed by atoms with van der Waals surface area (Å²) in [4.78, 5) is 0. The summed E-state index contributed by atoms with van der Waals surface area (Å²) >= 11 is 12.5. The number of fused-ring (bicyclic) bond motifs is 4. The van der Waals surface area contributed by atoms with Crippen molar-refractivity contribution in [2.75, 3.05) is 0 Å². The highest BCUT2D eigenvalue weighted by Crippen LogP contribution is 2.75. The Kier molecular flexibility index (Phi) is 5.31. The topological polar surface area (TPSA) is 63.2 Å². The predicted molar refractivity (Wildman–Crippen MR) is 142 cm³/mol. The van der Waals surface area contributed by atoms with Crippen LogP contribution in [0.2, 0.25) is 10.0 Å². The van der Waals surface area contributed by atoms with E-state index in [2.05, 4.69) is 38.1 Å². The number of halogens is 2. The monoisotopic (exact) mass is 514 g/mol. The van der Waals surface area contributed by atoms with Gasteiger partial charge in [-0.05, 0) is 77.6 Å². The molecule has 2 heterocycles. The van der Waals surface area contributed by atoms with Crippen LogP contribution in [0.3, 0.4) is 0 Å². The molecule has 4 aliphatic rings. The van der Waals surface area contributed by atoms with Crippen LogP contribution in [0.5, 0.6) is 0 Å². The minimum atomic E-state index is -1.44. The largest absolute Gasteiger partial charge is 0.252 e. The lowest BCUT2D eigenvalue weighted by atomic mass is 9.72. The first-order chi connectivity index (χ1) is 17.3. The van der Waals surface area contributed by atoms with E-state index in [0.717, 1.165) is 60.9 Å². The number of rotatable bonds is 2. The van der Waals surface area contributed by atoms with E-state index < -0.39 is 11.1 Å². The van der Waals surface area contributed by atoms with Crippen molar-refractivity contribution in [1.82, 2.24) is 5.01 Å². The highest BCUT2D eigenvalue weighted by atomic mass is 35.5. The molecule has 1 saturated carbocycles. The molecule has 1 fully saturated rings. The molecule has 3 atom stereocenters. The van der Waals surface area contributed by atoms with Crippen LogP contribution in [-0.2, 0) is 5.54 Å². The van der Waals surface area contributed by atoms with Crippen molar-refractivity contribution >= 4 is 28.9 Å². The molecule has 0 amide bonds. The van der Waals surface area contributed by atoms with Gasteiger partial charge in [-0.1, -0.05) is 74.2 Å². The maximum atomic E-state index is 10.7. The van der Waals surface area contributed by atoms with E-state index in [9.17, 15) is 10.5 Å². The summed E-state index contributed by atoms with van der Waals surface area (Å²) in [5.74, 6) is 0.361. The zero-order chi connectivity index (χ0) is 25.3. The third-order valence-corrected chi connectivity index (χ3v) is 9.55. The fraction of sp³-hybridized carbons (Fsp3) is 0.433. The second kappa shape index (κ2) is 8.11.